The minimum absolute atomic E-state index is 0.0964. The largest absolute Gasteiger partial charge is 0.337 e. The molecule has 0 saturated carbocycles. The number of aromatic nitrogens is 4. The Morgan fingerprint density at radius 3 is 2.69 bits per heavy atom. The molecule has 2 atom stereocenters. The Morgan fingerprint density at radius 2 is 1.86 bits per heavy atom. The first-order valence-electron chi connectivity index (χ1n) is 8.95. The first-order chi connectivity index (χ1) is 14.3. The molecule has 2 aliphatic heterocycles. The number of hydrogen-bond acceptors (Lipinski definition) is 8. The molecule has 2 aliphatic rings. The van der Waals surface area contributed by atoms with Crippen molar-refractivity contribution in [2.45, 2.75) is 16.2 Å². The predicted molar refractivity (Wildman–Crippen MR) is 112 cm³/mol. The van der Waals surface area contributed by atoms with Crippen LogP contribution in [-0.2, 0) is 0 Å². The molecule has 8 nitrogen and oxygen atoms in total. The smallest absolute Gasteiger partial charge is 0.258 e. The maximum absolute atomic E-state index is 12.2. The molecule has 5 rings (SSSR count). The zero-order valence-electron chi connectivity index (χ0n) is 15.1. The summed E-state index contributed by atoms with van der Waals surface area (Å²) in [5.41, 5.74) is 2.18. The Labute approximate surface area is 170 Å². The Morgan fingerprint density at radius 1 is 1.03 bits per heavy atom. The number of amides is 1. The van der Waals surface area contributed by atoms with Gasteiger partial charge in [-0.25, -0.2) is 19.9 Å². The van der Waals surface area contributed by atoms with Gasteiger partial charge in [0.1, 0.15) is 17.5 Å². The van der Waals surface area contributed by atoms with Crippen LogP contribution < -0.4 is 10.6 Å². The summed E-state index contributed by atoms with van der Waals surface area (Å²) in [6.45, 7) is 0. The Balaban J connectivity index is 1.31. The van der Waals surface area contributed by atoms with Gasteiger partial charge in [-0.2, -0.15) is 0 Å². The van der Waals surface area contributed by atoms with Crippen LogP contribution in [0.25, 0.3) is 0 Å². The molecule has 3 aromatic rings. The van der Waals surface area contributed by atoms with E-state index in [1.807, 2.05) is 18.4 Å². The van der Waals surface area contributed by atoms with Crippen molar-refractivity contribution in [3.8, 4) is 0 Å². The van der Waals surface area contributed by atoms with Gasteiger partial charge in [0.25, 0.3) is 5.91 Å². The highest BCUT2D eigenvalue weighted by molar-refractivity contribution is 8.00. The van der Waals surface area contributed by atoms with Crippen LogP contribution >= 0.6 is 11.8 Å². The third-order valence-electron chi connectivity index (χ3n) is 4.51. The second kappa shape index (κ2) is 7.44. The Hall–Kier alpha value is -3.59. The van der Waals surface area contributed by atoms with E-state index < -0.39 is 0 Å². The van der Waals surface area contributed by atoms with E-state index in [1.165, 1.54) is 0 Å². The SMILES string of the molecule is O=C(Nc1ncc(Nc2ncnc3c2SC2N=CC=CC32)cn1)c1ccccc1. The number of carbonyl (C=O) groups excluding carboxylic acids is 1. The van der Waals surface area contributed by atoms with Crippen LogP contribution in [0.1, 0.15) is 22.0 Å². The van der Waals surface area contributed by atoms with E-state index in [1.54, 1.807) is 54.7 Å². The summed E-state index contributed by atoms with van der Waals surface area (Å²) >= 11 is 1.64. The van der Waals surface area contributed by atoms with E-state index in [9.17, 15) is 4.79 Å². The van der Waals surface area contributed by atoms with E-state index in [-0.39, 0.29) is 23.1 Å². The number of thioether (sulfide) groups is 1. The normalized spacial score (nSPS) is 18.8. The molecule has 0 bridgehead atoms. The molecule has 142 valence electrons. The summed E-state index contributed by atoms with van der Waals surface area (Å²) in [4.78, 5) is 34.9. The highest BCUT2D eigenvalue weighted by Crippen LogP contribution is 2.49. The molecule has 0 spiro atoms. The van der Waals surface area contributed by atoms with Crippen LogP contribution in [0.2, 0.25) is 0 Å². The number of aliphatic imine (C=N–C) groups is 1. The van der Waals surface area contributed by atoms with Crippen molar-refractivity contribution in [3.63, 3.8) is 0 Å². The maximum Gasteiger partial charge on any atom is 0.258 e. The summed E-state index contributed by atoms with van der Waals surface area (Å²) < 4.78 is 0. The molecule has 1 amide bonds. The molecule has 2 unspecified atom stereocenters. The Kier molecular flexibility index (Phi) is 4.49. The fourth-order valence-corrected chi connectivity index (χ4v) is 4.39. The zero-order chi connectivity index (χ0) is 19.6. The van der Waals surface area contributed by atoms with Crippen LogP contribution in [0.3, 0.4) is 0 Å². The van der Waals surface area contributed by atoms with Crippen molar-refractivity contribution in [2.75, 3.05) is 10.6 Å². The van der Waals surface area contributed by atoms with Crippen LogP contribution in [0.4, 0.5) is 17.5 Å². The monoisotopic (exact) mass is 401 g/mol. The number of fused-ring (bicyclic) bond motifs is 3. The van der Waals surface area contributed by atoms with Gasteiger partial charge in [-0.15, -0.1) is 0 Å². The summed E-state index contributed by atoms with van der Waals surface area (Å²) in [6.07, 6.45) is 10.6. The molecule has 2 N–H and O–H groups in total. The number of nitrogens with zero attached hydrogens (tertiary/aromatic N) is 5. The van der Waals surface area contributed by atoms with E-state index in [0.717, 1.165) is 10.6 Å². The van der Waals surface area contributed by atoms with Gasteiger partial charge in [-0.1, -0.05) is 36.0 Å². The fourth-order valence-electron chi connectivity index (χ4n) is 3.13. The van der Waals surface area contributed by atoms with Gasteiger partial charge in [-0.05, 0) is 18.2 Å². The molecule has 9 heteroatoms. The lowest BCUT2D eigenvalue weighted by Gasteiger charge is -2.12. The van der Waals surface area contributed by atoms with Crippen molar-refractivity contribution in [1.82, 2.24) is 19.9 Å². The highest BCUT2D eigenvalue weighted by atomic mass is 32.2. The number of rotatable bonds is 4. The molecule has 29 heavy (non-hydrogen) atoms. The van der Waals surface area contributed by atoms with Crippen LogP contribution in [0.15, 0.2) is 71.1 Å². The van der Waals surface area contributed by atoms with E-state index in [4.69, 9.17) is 0 Å². The number of benzene rings is 1. The minimum atomic E-state index is -0.257. The molecular formula is C20H15N7OS. The van der Waals surface area contributed by atoms with Crippen molar-refractivity contribution in [1.29, 1.82) is 0 Å². The number of allylic oxidation sites excluding steroid dienone is 1. The summed E-state index contributed by atoms with van der Waals surface area (Å²) in [7, 11) is 0. The molecule has 0 aliphatic carbocycles. The van der Waals surface area contributed by atoms with Crippen molar-refractivity contribution < 1.29 is 4.79 Å². The van der Waals surface area contributed by atoms with Crippen LogP contribution in [-0.4, -0.2) is 37.4 Å². The first-order valence-corrected chi connectivity index (χ1v) is 9.83. The zero-order valence-corrected chi connectivity index (χ0v) is 15.9. The van der Waals surface area contributed by atoms with Crippen molar-refractivity contribution >= 4 is 41.3 Å². The molecule has 2 aromatic heterocycles. The predicted octanol–water partition coefficient (Wildman–Crippen LogP) is 3.42. The van der Waals surface area contributed by atoms with Gasteiger partial charge >= 0.3 is 0 Å². The van der Waals surface area contributed by atoms with E-state index in [2.05, 4.69) is 41.6 Å². The van der Waals surface area contributed by atoms with Crippen LogP contribution in [0.5, 0.6) is 0 Å². The van der Waals surface area contributed by atoms with Crippen LogP contribution in [0, 0.1) is 0 Å². The average Bonchev–Trinajstić information content (AvgIpc) is 3.16. The lowest BCUT2D eigenvalue weighted by Crippen LogP contribution is -2.14. The molecule has 0 fully saturated rings. The van der Waals surface area contributed by atoms with E-state index >= 15 is 0 Å². The summed E-state index contributed by atoms with van der Waals surface area (Å²) in [6, 6.07) is 8.93. The molecule has 0 saturated heterocycles. The third-order valence-corrected chi connectivity index (χ3v) is 5.80. The average molecular weight is 401 g/mol. The number of dihydropyridines is 1. The van der Waals surface area contributed by atoms with Crippen molar-refractivity contribution in [3.05, 3.63) is 72.5 Å². The van der Waals surface area contributed by atoms with Crippen molar-refractivity contribution in [2.24, 2.45) is 4.99 Å². The second-order valence-electron chi connectivity index (χ2n) is 6.39. The first kappa shape index (κ1) is 17.5. The lowest BCUT2D eigenvalue weighted by atomic mass is 10.0. The Bertz CT molecular complexity index is 1120. The summed E-state index contributed by atoms with van der Waals surface area (Å²) in [5, 5.41) is 6.02. The second-order valence-corrected chi connectivity index (χ2v) is 7.52. The fraction of sp³-hybridized carbons (Fsp3) is 0.100. The van der Waals surface area contributed by atoms with Gasteiger partial charge in [0.2, 0.25) is 5.95 Å². The highest BCUT2D eigenvalue weighted by Gasteiger charge is 2.35. The van der Waals surface area contributed by atoms with Gasteiger partial charge < -0.3 is 5.32 Å². The van der Waals surface area contributed by atoms with E-state index in [0.29, 0.717) is 17.1 Å². The third kappa shape index (κ3) is 3.47. The number of anilines is 3. The molecule has 0 radical (unpaired) electrons. The lowest BCUT2D eigenvalue weighted by molar-refractivity contribution is 0.102. The number of nitrogens with one attached hydrogen (secondary N) is 2. The molecule has 4 heterocycles. The van der Waals surface area contributed by atoms with Gasteiger partial charge in [0.15, 0.2) is 0 Å². The van der Waals surface area contributed by atoms with Gasteiger partial charge in [0, 0.05) is 11.8 Å². The minimum Gasteiger partial charge on any atom is -0.337 e. The molecular weight excluding hydrogens is 386 g/mol. The quantitative estimate of drug-likeness (QED) is 0.690. The standard InChI is InChI=1S/C20H15N7OS/c28-18(12-5-2-1-3-6-12)27-20-22-9-13(10-23-20)26-17-16-15(24-11-25-17)14-7-4-8-21-19(14)29-16/h1-11,14,19H,(H,24,25,26)(H,22,23,27,28). The number of hydrogen-bond donors (Lipinski definition) is 2. The molecule has 1 aromatic carbocycles. The van der Waals surface area contributed by atoms with Gasteiger partial charge in [-0.3, -0.25) is 15.1 Å². The number of carbonyl (C=O) groups is 1. The summed E-state index contributed by atoms with van der Waals surface area (Å²) in [5.74, 6) is 0.836. The maximum atomic E-state index is 12.2. The van der Waals surface area contributed by atoms with Gasteiger partial charge in [0.05, 0.1) is 34.6 Å². The topological polar surface area (TPSA) is 105 Å².